The summed E-state index contributed by atoms with van der Waals surface area (Å²) in [6.45, 7) is 3.10. The van der Waals surface area contributed by atoms with Gasteiger partial charge in [0.05, 0.1) is 11.7 Å². The van der Waals surface area contributed by atoms with E-state index in [2.05, 4.69) is 0 Å². The summed E-state index contributed by atoms with van der Waals surface area (Å²) in [7, 11) is 0. The van der Waals surface area contributed by atoms with Crippen molar-refractivity contribution < 1.29 is 28.3 Å². The molecule has 1 aromatic rings. The highest BCUT2D eigenvalue weighted by atomic mass is 19.4. The van der Waals surface area contributed by atoms with Gasteiger partial charge in [-0.25, -0.2) is 0 Å². The Labute approximate surface area is 104 Å². The lowest BCUT2D eigenvalue weighted by atomic mass is 10.2. The van der Waals surface area contributed by atoms with Crippen LogP contribution in [0.2, 0.25) is 0 Å². The normalized spacial score (nSPS) is 13.4. The lowest BCUT2D eigenvalue weighted by Crippen LogP contribution is -2.87. The van der Waals surface area contributed by atoms with Crippen molar-refractivity contribution in [2.24, 2.45) is 0 Å². The summed E-state index contributed by atoms with van der Waals surface area (Å²) in [5.74, 6) is 0.204. The van der Waals surface area contributed by atoms with E-state index in [0.717, 1.165) is 12.1 Å². The largest absolute Gasteiger partial charge is 0.488 e. The Bertz CT molecular complexity index is 367. The summed E-state index contributed by atoms with van der Waals surface area (Å²) >= 11 is 0. The van der Waals surface area contributed by atoms with Gasteiger partial charge in [-0.1, -0.05) is 6.07 Å². The number of benzene rings is 1. The van der Waals surface area contributed by atoms with Crippen molar-refractivity contribution in [2.45, 2.75) is 19.2 Å². The van der Waals surface area contributed by atoms with Gasteiger partial charge in [0.2, 0.25) is 0 Å². The minimum Gasteiger partial charge on any atom is -0.488 e. The molecule has 3 nitrogen and oxygen atoms in total. The second kappa shape index (κ2) is 6.61. The molecule has 1 atom stereocenters. The first kappa shape index (κ1) is 14.8. The molecule has 0 aliphatic rings. The molecule has 0 saturated heterocycles. The van der Waals surface area contributed by atoms with Crippen LogP contribution in [0.15, 0.2) is 24.3 Å². The molecule has 0 bridgehead atoms. The van der Waals surface area contributed by atoms with Crippen LogP contribution in [0.5, 0.6) is 5.75 Å². The van der Waals surface area contributed by atoms with E-state index in [0.29, 0.717) is 19.7 Å². The number of quaternary nitrogens is 1. The number of alkyl halides is 3. The van der Waals surface area contributed by atoms with Crippen LogP contribution in [0, 0.1) is 0 Å². The van der Waals surface area contributed by atoms with Crippen LogP contribution in [0.4, 0.5) is 13.2 Å². The predicted octanol–water partition coefficient (Wildman–Crippen LogP) is 1.03. The van der Waals surface area contributed by atoms with Gasteiger partial charge in [0.1, 0.15) is 25.4 Å². The second-order valence-corrected chi connectivity index (χ2v) is 4.04. The maximum absolute atomic E-state index is 12.4. The zero-order valence-corrected chi connectivity index (χ0v) is 10.1. The van der Waals surface area contributed by atoms with Crippen LogP contribution in [0.1, 0.15) is 12.5 Å². The van der Waals surface area contributed by atoms with Gasteiger partial charge in [-0.05, 0) is 25.1 Å². The molecule has 0 amide bonds. The molecule has 6 heteroatoms. The average Bonchev–Trinajstić information content (AvgIpc) is 2.27. The van der Waals surface area contributed by atoms with Crippen molar-refractivity contribution in [3.05, 3.63) is 29.8 Å². The van der Waals surface area contributed by atoms with Crippen molar-refractivity contribution in [1.82, 2.24) is 0 Å². The van der Waals surface area contributed by atoms with Gasteiger partial charge in [-0.2, -0.15) is 13.2 Å². The molecular weight excluding hydrogens is 247 g/mol. The van der Waals surface area contributed by atoms with Gasteiger partial charge < -0.3 is 15.2 Å². The third-order valence-electron chi connectivity index (χ3n) is 2.26. The molecule has 0 saturated carbocycles. The maximum atomic E-state index is 12.4. The molecule has 0 heterocycles. The van der Waals surface area contributed by atoms with Gasteiger partial charge in [-0.3, -0.25) is 0 Å². The highest BCUT2D eigenvalue weighted by Gasteiger charge is 2.30. The van der Waals surface area contributed by atoms with Gasteiger partial charge >= 0.3 is 6.18 Å². The topological polar surface area (TPSA) is 46.1 Å². The molecule has 0 aromatic heterocycles. The Morgan fingerprint density at radius 1 is 1.39 bits per heavy atom. The van der Waals surface area contributed by atoms with Gasteiger partial charge in [0.25, 0.3) is 0 Å². The van der Waals surface area contributed by atoms with Gasteiger partial charge in [0, 0.05) is 0 Å². The third kappa shape index (κ3) is 5.37. The molecule has 0 unspecified atom stereocenters. The van der Waals surface area contributed by atoms with Crippen molar-refractivity contribution in [3.63, 3.8) is 0 Å². The van der Waals surface area contributed by atoms with E-state index in [1.165, 1.54) is 12.1 Å². The van der Waals surface area contributed by atoms with Crippen molar-refractivity contribution >= 4 is 0 Å². The third-order valence-corrected chi connectivity index (χ3v) is 2.26. The lowest BCUT2D eigenvalue weighted by molar-refractivity contribution is -0.661. The maximum Gasteiger partial charge on any atom is 0.416 e. The predicted molar refractivity (Wildman–Crippen MR) is 60.3 cm³/mol. The fraction of sp³-hybridized carbons (Fsp3) is 0.500. The summed E-state index contributed by atoms with van der Waals surface area (Å²) < 4.78 is 42.4. The SMILES string of the molecule is C[C@H](O)C[NH2+]CCOc1cccc(C(F)(F)F)c1. The molecule has 0 fully saturated rings. The first-order valence-corrected chi connectivity index (χ1v) is 5.69. The van der Waals surface area contributed by atoms with E-state index < -0.39 is 17.8 Å². The number of halogens is 3. The highest BCUT2D eigenvalue weighted by molar-refractivity contribution is 5.30. The van der Waals surface area contributed by atoms with Crippen molar-refractivity contribution in [2.75, 3.05) is 19.7 Å². The number of rotatable bonds is 6. The molecule has 18 heavy (non-hydrogen) atoms. The van der Waals surface area contributed by atoms with Gasteiger partial charge in [-0.15, -0.1) is 0 Å². The van der Waals surface area contributed by atoms with E-state index in [9.17, 15) is 13.2 Å². The zero-order valence-electron chi connectivity index (χ0n) is 10.1. The molecule has 3 N–H and O–H groups in total. The number of aliphatic hydroxyl groups is 1. The Morgan fingerprint density at radius 3 is 2.72 bits per heavy atom. The Morgan fingerprint density at radius 2 is 2.11 bits per heavy atom. The summed E-state index contributed by atoms with van der Waals surface area (Å²) in [5.41, 5.74) is -0.715. The Kier molecular flexibility index (Phi) is 5.43. The lowest BCUT2D eigenvalue weighted by Gasteiger charge is -2.10. The molecule has 1 aromatic carbocycles. The quantitative estimate of drug-likeness (QED) is 0.754. The van der Waals surface area contributed by atoms with Crippen LogP contribution >= 0.6 is 0 Å². The first-order chi connectivity index (χ1) is 8.39. The van der Waals surface area contributed by atoms with Crippen LogP contribution in [0.3, 0.4) is 0 Å². The average molecular weight is 264 g/mol. The Hall–Kier alpha value is -1.27. The van der Waals surface area contributed by atoms with Crippen LogP contribution in [-0.2, 0) is 6.18 Å². The van der Waals surface area contributed by atoms with Crippen LogP contribution in [0.25, 0.3) is 0 Å². The minimum absolute atomic E-state index is 0.204. The van der Waals surface area contributed by atoms with Crippen LogP contribution in [-0.4, -0.2) is 30.9 Å². The second-order valence-electron chi connectivity index (χ2n) is 4.04. The first-order valence-electron chi connectivity index (χ1n) is 5.69. The van der Waals surface area contributed by atoms with Crippen LogP contribution < -0.4 is 10.1 Å². The highest BCUT2D eigenvalue weighted by Crippen LogP contribution is 2.31. The van der Waals surface area contributed by atoms with E-state index in [1.807, 2.05) is 5.32 Å². The molecule has 1 rings (SSSR count). The number of aliphatic hydroxyl groups excluding tert-OH is 1. The van der Waals surface area contributed by atoms with E-state index >= 15 is 0 Å². The minimum atomic E-state index is -4.35. The van der Waals surface area contributed by atoms with E-state index in [-0.39, 0.29) is 5.75 Å². The zero-order chi connectivity index (χ0) is 13.6. The molecule has 0 aliphatic carbocycles. The van der Waals surface area contributed by atoms with Crippen molar-refractivity contribution in [3.8, 4) is 5.75 Å². The molecule has 102 valence electrons. The number of hydrogen-bond acceptors (Lipinski definition) is 2. The van der Waals surface area contributed by atoms with Crippen molar-refractivity contribution in [1.29, 1.82) is 0 Å². The fourth-order valence-electron chi connectivity index (χ4n) is 1.38. The molecular formula is C12H17F3NO2+. The fourth-order valence-corrected chi connectivity index (χ4v) is 1.38. The monoisotopic (exact) mass is 264 g/mol. The number of hydrogen-bond donors (Lipinski definition) is 2. The summed E-state index contributed by atoms with van der Waals surface area (Å²) in [5, 5.41) is 10.8. The smallest absolute Gasteiger partial charge is 0.416 e. The number of ether oxygens (including phenoxy) is 1. The van der Waals surface area contributed by atoms with E-state index in [1.54, 1.807) is 6.92 Å². The van der Waals surface area contributed by atoms with Gasteiger partial charge in [0.15, 0.2) is 0 Å². The van der Waals surface area contributed by atoms with E-state index in [4.69, 9.17) is 9.84 Å². The molecule has 0 aliphatic heterocycles. The summed E-state index contributed by atoms with van der Waals surface area (Å²) in [4.78, 5) is 0. The standard InChI is InChI=1S/C12H16F3NO2/c1-9(17)8-16-5-6-18-11-4-2-3-10(7-11)12(13,14)15/h2-4,7,9,16-17H,5-6,8H2,1H3/p+1/t9-/m0/s1. The summed E-state index contributed by atoms with van der Waals surface area (Å²) in [6, 6.07) is 4.79. The number of nitrogens with two attached hydrogens (primary N) is 1. The Balaban J connectivity index is 2.39. The molecule has 0 radical (unpaired) electrons. The molecule has 0 spiro atoms. The summed E-state index contributed by atoms with van der Waals surface area (Å²) in [6.07, 6.45) is -4.75.